The Hall–Kier alpha value is -1.40. The average molecular weight is 284 g/mol. The van der Waals surface area contributed by atoms with Gasteiger partial charge in [-0.3, -0.25) is 0 Å². The summed E-state index contributed by atoms with van der Waals surface area (Å²) in [5, 5.41) is 9.57. The van der Waals surface area contributed by atoms with Gasteiger partial charge in [-0.2, -0.15) is 0 Å². The lowest BCUT2D eigenvalue weighted by molar-refractivity contribution is 0.271. The summed E-state index contributed by atoms with van der Waals surface area (Å²) in [6, 6.07) is 3.56. The van der Waals surface area contributed by atoms with Crippen molar-refractivity contribution in [3.05, 3.63) is 47.3 Å². The Morgan fingerprint density at radius 3 is 2.74 bits per heavy atom. The molecule has 0 amide bonds. The first-order chi connectivity index (χ1) is 9.02. The fourth-order valence-corrected chi connectivity index (χ4v) is 2.76. The Labute approximate surface area is 114 Å². The van der Waals surface area contributed by atoms with Gasteiger partial charge >= 0.3 is 0 Å². The van der Waals surface area contributed by atoms with E-state index in [0.29, 0.717) is 16.4 Å². The topological polar surface area (TPSA) is 38.1 Å². The molecular formula is C13H14F2N2OS. The third-order valence-corrected chi connectivity index (χ3v) is 4.08. The summed E-state index contributed by atoms with van der Waals surface area (Å²) in [6.07, 6.45) is 1.58. The Morgan fingerprint density at radius 2 is 2.16 bits per heavy atom. The predicted molar refractivity (Wildman–Crippen MR) is 69.8 cm³/mol. The SMILES string of the molecule is CC(Sc1ncc(CO)n1C)c1ccc(F)cc1F. The molecule has 3 nitrogen and oxygen atoms in total. The van der Waals surface area contributed by atoms with Crippen molar-refractivity contribution in [3.63, 3.8) is 0 Å². The lowest BCUT2D eigenvalue weighted by Crippen LogP contribution is -2.00. The molecule has 0 aliphatic carbocycles. The standard InChI is InChI=1S/C13H14F2N2OS/c1-8(11-4-3-9(14)5-12(11)15)19-13-16-6-10(7-18)17(13)2/h3-6,8,18H,7H2,1-2H3. The summed E-state index contributed by atoms with van der Waals surface area (Å²) in [4.78, 5) is 4.17. The molecule has 1 aromatic carbocycles. The number of imidazole rings is 1. The quantitative estimate of drug-likeness (QED) is 0.877. The Kier molecular flexibility index (Phi) is 4.21. The van der Waals surface area contributed by atoms with Crippen molar-refractivity contribution in [1.29, 1.82) is 0 Å². The fourth-order valence-electron chi connectivity index (χ4n) is 1.73. The fraction of sp³-hybridized carbons (Fsp3) is 0.308. The van der Waals surface area contributed by atoms with Crippen LogP contribution in [0.3, 0.4) is 0 Å². The molecule has 0 radical (unpaired) electrons. The van der Waals surface area contributed by atoms with Gasteiger partial charge in [-0.25, -0.2) is 13.8 Å². The summed E-state index contributed by atoms with van der Waals surface area (Å²) < 4.78 is 28.3. The summed E-state index contributed by atoms with van der Waals surface area (Å²) in [6.45, 7) is 1.73. The summed E-state index contributed by atoms with van der Waals surface area (Å²) >= 11 is 1.36. The zero-order chi connectivity index (χ0) is 14.0. The minimum absolute atomic E-state index is 0.0939. The molecule has 0 spiro atoms. The Bertz CT molecular complexity index is 586. The second-order valence-electron chi connectivity index (χ2n) is 4.18. The van der Waals surface area contributed by atoms with E-state index in [1.54, 1.807) is 17.8 Å². The van der Waals surface area contributed by atoms with Crippen LogP contribution in [-0.2, 0) is 13.7 Å². The van der Waals surface area contributed by atoms with Crippen molar-refractivity contribution in [3.8, 4) is 0 Å². The van der Waals surface area contributed by atoms with Crippen LogP contribution in [0.25, 0.3) is 0 Å². The molecule has 2 aromatic rings. The molecule has 0 bridgehead atoms. The van der Waals surface area contributed by atoms with Crippen LogP contribution in [0.2, 0.25) is 0 Å². The van der Waals surface area contributed by atoms with E-state index in [1.165, 1.54) is 23.9 Å². The number of thioether (sulfide) groups is 1. The van der Waals surface area contributed by atoms with Crippen LogP contribution >= 0.6 is 11.8 Å². The van der Waals surface area contributed by atoms with Gasteiger partial charge in [0.15, 0.2) is 5.16 Å². The zero-order valence-electron chi connectivity index (χ0n) is 10.6. The van der Waals surface area contributed by atoms with Gasteiger partial charge in [0.05, 0.1) is 18.5 Å². The molecule has 1 atom stereocenters. The number of halogens is 2. The van der Waals surface area contributed by atoms with E-state index < -0.39 is 11.6 Å². The van der Waals surface area contributed by atoms with Crippen LogP contribution in [0, 0.1) is 11.6 Å². The largest absolute Gasteiger partial charge is 0.390 e. The summed E-state index contributed by atoms with van der Waals surface area (Å²) in [7, 11) is 1.79. The molecule has 6 heteroatoms. The van der Waals surface area contributed by atoms with Crippen LogP contribution in [-0.4, -0.2) is 14.7 Å². The highest BCUT2D eigenvalue weighted by Gasteiger charge is 2.16. The van der Waals surface area contributed by atoms with Crippen LogP contribution in [0.15, 0.2) is 29.6 Å². The third-order valence-electron chi connectivity index (χ3n) is 2.89. The van der Waals surface area contributed by atoms with E-state index >= 15 is 0 Å². The number of nitrogens with zero attached hydrogens (tertiary/aromatic N) is 2. The molecule has 102 valence electrons. The van der Waals surface area contributed by atoms with Gasteiger partial charge in [0.25, 0.3) is 0 Å². The first kappa shape index (κ1) is 14.0. The van der Waals surface area contributed by atoms with Crippen molar-refractivity contribution >= 4 is 11.8 Å². The van der Waals surface area contributed by atoms with Gasteiger partial charge < -0.3 is 9.67 Å². The molecule has 1 N–H and O–H groups in total. The van der Waals surface area contributed by atoms with E-state index in [9.17, 15) is 8.78 Å². The second kappa shape index (κ2) is 5.71. The van der Waals surface area contributed by atoms with Gasteiger partial charge in [-0.05, 0) is 13.0 Å². The van der Waals surface area contributed by atoms with Crippen LogP contribution in [0.5, 0.6) is 0 Å². The predicted octanol–water partition coefficient (Wildman–Crippen LogP) is 3.04. The van der Waals surface area contributed by atoms with Crippen molar-refractivity contribution in [1.82, 2.24) is 9.55 Å². The smallest absolute Gasteiger partial charge is 0.168 e. The van der Waals surface area contributed by atoms with Gasteiger partial charge in [0, 0.05) is 23.9 Å². The van der Waals surface area contributed by atoms with E-state index in [-0.39, 0.29) is 11.9 Å². The molecule has 0 saturated carbocycles. The lowest BCUT2D eigenvalue weighted by atomic mass is 10.1. The number of rotatable bonds is 4. The molecular weight excluding hydrogens is 270 g/mol. The van der Waals surface area contributed by atoms with Crippen LogP contribution in [0.4, 0.5) is 8.78 Å². The van der Waals surface area contributed by atoms with Gasteiger partial charge in [-0.1, -0.05) is 17.8 Å². The van der Waals surface area contributed by atoms with Crippen molar-refractivity contribution in [2.45, 2.75) is 23.9 Å². The Balaban J connectivity index is 2.20. The molecule has 0 saturated heterocycles. The van der Waals surface area contributed by atoms with E-state index in [0.717, 1.165) is 6.07 Å². The molecule has 1 unspecified atom stereocenters. The van der Waals surface area contributed by atoms with Gasteiger partial charge in [0.1, 0.15) is 11.6 Å². The monoisotopic (exact) mass is 284 g/mol. The average Bonchev–Trinajstić information content (AvgIpc) is 2.70. The normalized spacial score (nSPS) is 12.7. The highest BCUT2D eigenvalue weighted by atomic mass is 32.2. The molecule has 1 aromatic heterocycles. The number of hydrogen-bond donors (Lipinski definition) is 1. The van der Waals surface area contributed by atoms with Crippen molar-refractivity contribution in [2.75, 3.05) is 0 Å². The zero-order valence-corrected chi connectivity index (χ0v) is 11.4. The maximum Gasteiger partial charge on any atom is 0.168 e. The van der Waals surface area contributed by atoms with E-state index in [2.05, 4.69) is 4.98 Å². The first-order valence-electron chi connectivity index (χ1n) is 5.76. The van der Waals surface area contributed by atoms with Crippen molar-refractivity contribution < 1.29 is 13.9 Å². The number of aromatic nitrogens is 2. The van der Waals surface area contributed by atoms with Crippen LogP contribution in [0.1, 0.15) is 23.4 Å². The van der Waals surface area contributed by atoms with E-state index in [1.807, 2.05) is 6.92 Å². The molecule has 1 heterocycles. The maximum absolute atomic E-state index is 13.7. The molecule has 0 fully saturated rings. The Morgan fingerprint density at radius 1 is 1.42 bits per heavy atom. The minimum atomic E-state index is -0.585. The molecule has 2 rings (SSSR count). The highest BCUT2D eigenvalue weighted by molar-refractivity contribution is 7.99. The maximum atomic E-state index is 13.7. The summed E-state index contributed by atoms with van der Waals surface area (Å²) in [5.41, 5.74) is 1.12. The van der Waals surface area contributed by atoms with Gasteiger partial charge in [0.2, 0.25) is 0 Å². The molecule has 0 aliphatic heterocycles. The van der Waals surface area contributed by atoms with Crippen LogP contribution < -0.4 is 0 Å². The molecule has 19 heavy (non-hydrogen) atoms. The number of hydrogen-bond acceptors (Lipinski definition) is 3. The van der Waals surface area contributed by atoms with E-state index in [4.69, 9.17) is 5.11 Å². The highest BCUT2D eigenvalue weighted by Crippen LogP contribution is 2.35. The second-order valence-corrected chi connectivity index (χ2v) is 5.48. The number of aliphatic hydroxyl groups excluding tert-OH is 1. The van der Waals surface area contributed by atoms with Gasteiger partial charge in [-0.15, -0.1) is 0 Å². The summed E-state index contributed by atoms with van der Waals surface area (Å²) in [5.74, 6) is -1.14. The number of aliphatic hydroxyl groups is 1. The number of benzene rings is 1. The lowest BCUT2D eigenvalue weighted by Gasteiger charge is -2.12. The molecule has 0 aliphatic rings. The minimum Gasteiger partial charge on any atom is -0.390 e. The first-order valence-corrected chi connectivity index (χ1v) is 6.64. The van der Waals surface area contributed by atoms with Crippen molar-refractivity contribution in [2.24, 2.45) is 7.05 Å². The third kappa shape index (κ3) is 2.96.